The normalized spacial score (nSPS) is 19.8. The van der Waals surface area contributed by atoms with Crippen LogP contribution in [0.3, 0.4) is 0 Å². The van der Waals surface area contributed by atoms with Crippen molar-refractivity contribution in [3.63, 3.8) is 0 Å². The van der Waals surface area contributed by atoms with Gasteiger partial charge in [-0.05, 0) is 23.2 Å². The molecule has 0 bridgehead atoms. The molecule has 0 atom stereocenters. The Bertz CT molecular complexity index is 407. The van der Waals surface area contributed by atoms with Gasteiger partial charge in [-0.2, -0.15) is 4.99 Å². The van der Waals surface area contributed by atoms with E-state index in [0.717, 1.165) is 0 Å². The molecule has 0 fully saturated rings. The van der Waals surface area contributed by atoms with Crippen molar-refractivity contribution in [1.82, 2.24) is 0 Å². The minimum absolute atomic E-state index is 0.104. The number of carbonyl (C=O) groups excluding carboxylic acids is 1. The highest BCUT2D eigenvalue weighted by molar-refractivity contribution is 6.83. The zero-order chi connectivity index (χ0) is 9.42. The van der Waals surface area contributed by atoms with E-state index in [1.807, 2.05) is 0 Å². The van der Waals surface area contributed by atoms with Crippen molar-refractivity contribution in [3.05, 3.63) is 0 Å². The molecule has 2 heterocycles. The summed E-state index contributed by atoms with van der Waals surface area (Å²) < 4.78 is 0. The average Bonchev–Trinajstić information content (AvgIpc) is 2.42. The first-order chi connectivity index (χ1) is 6.16. The minimum Gasteiger partial charge on any atom is -0.274 e. The van der Waals surface area contributed by atoms with Gasteiger partial charge in [0, 0.05) is 6.42 Å². The van der Waals surface area contributed by atoms with Crippen LogP contribution < -0.4 is 0 Å². The number of hydrogen-bond donors (Lipinski definition) is 0. The SMILES string of the molecule is O=C(Cl)C1=NN=C2N=C(Cl)N=C2C1. The van der Waals surface area contributed by atoms with E-state index in [1.165, 1.54) is 0 Å². The number of carbonyl (C=O) groups is 1. The Balaban J connectivity index is 2.34. The van der Waals surface area contributed by atoms with Crippen LogP contribution in [-0.4, -0.2) is 27.8 Å². The van der Waals surface area contributed by atoms with Gasteiger partial charge in [-0.1, -0.05) is 0 Å². The van der Waals surface area contributed by atoms with Crippen LogP contribution in [0.2, 0.25) is 0 Å². The van der Waals surface area contributed by atoms with Gasteiger partial charge in [0.2, 0.25) is 5.29 Å². The smallest absolute Gasteiger partial charge is 0.268 e. The van der Waals surface area contributed by atoms with Crippen molar-refractivity contribution in [2.45, 2.75) is 6.42 Å². The molecule has 0 aromatic rings. The molecule has 2 aliphatic rings. The van der Waals surface area contributed by atoms with Crippen molar-refractivity contribution in [3.8, 4) is 0 Å². The lowest BCUT2D eigenvalue weighted by atomic mass is 10.1. The highest BCUT2D eigenvalue weighted by atomic mass is 35.5. The molecule has 66 valence electrons. The number of aliphatic imine (C=N–C) groups is 2. The molecule has 2 aliphatic heterocycles. The zero-order valence-corrected chi connectivity index (χ0v) is 7.67. The third kappa shape index (κ3) is 1.52. The van der Waals surface area contributed by atoms with Gasteiger partial charge in [0.15, 0.2) is 5.84 Å². The summed E-state index contributed by atoms with van der Waals surface area (Å²) in [4.78, 5) is 18.3. The summed E-state index contributed by atoms with van der Waals surface area (Å²) in [6, 6.07) is 0. The van der Waals surface area contributed by atoms with Gasteiger partial charge in [0.25, 0.3) is 5.24 Å². The summed E-state index contributed by atoms with van der Waals surface area (Å²) in [6.07, 6.45) is 0.237. The second-order valence-corrected chi connectivity index (χ2v) is 3.04. The van der Waals surface area contributed by atoms with Crippen LogP contribution in [0.25, 0.3) is 0 Å². The zero-order valence-electron chi connectivity index (χ0n) is 6.16. The Morgan fingerprint density at radius 2 is 2.08 bits per heavy atom. The molecule has 2 rings (SSSR count). The van der Waals surface area contributed by atoms with Crippen LogP contribution >= 0.6 is 23.2 Å². The standard InChI is InChI=1S/C6H2Cl2N4O/c7-4(13)2-1-3-5(12-11-2)10-6(8)9-3/h1H2. The Hall–Kier alpha value is -1.07. The monoisotopic (exact) mass is 216 g/mol. The second-order valence-electron chi connectivity index (χ2n) is 2.36. The fourth-order valence-corrected chi connectivity index (χ4v) is 1.23. The number of rotatable bonds is 1. The molecule has 0 radical (unpaired) electrons. The maximum atomic E-state index is 10.7. The van der Waals surface area contributed by atoms with Crippen LogP contribution in [-0.2, 0) is 4.79 Å². The second kappa shape index (κ2) is 3.01. The van der Waals surface area contributed by atoms with E-state index in [0.29, 0.717) is 11.5 Å². The number of halogens is 2. The van der Waals surface area contributed by atoms with Crippen molar-refractivity contribution in [2.75, 3.05) is 0 Å². The topological polar surface area (TPSA) is 66.5 Å². The number of nitrogens with zero attached hydrogens (tertiary/aromatic N) is 4. The molecule has 0 saturated heterocycles. The van der Waals surface area contributed by atoms with E-state index in [9.17, 15) is 4.79 Å². The summed E-state index contributed by atoms with van der Waals surface area (Å²) in [5.41, 5.74) is 0.690. The molecular weight excluding hydrogens is 215 g/mol. The summed E-state index contributed by atoms with van der Waals surface area (Å²) in [5, 5.41) is 6.70. The number of hydrogen-bond acceptors (Lipinski definition) is 5. The van der Waals surface area contributed by atoms with Gasteiger partial charge in [-0.25, -0.2) is 4.99 Å². The third-order valence-electron chi connectivity index (χ3n) is 1.51. The Kier molecular flexibility index (Phi) is 1.97. The molecule has 0 aliphatic carbocycles. The van der Waals surface area contributed by atoms with E-state index in [4.69, 9.17) is 23.2 Å². The molecule has 0 aromatic heterocycles. The van der Waals surface area contributed by atoms with Crippen molar-refractivity contribution in [1.29, 1.82) is 0 Å². The molecule has 0 unspecified atom stereocenters. The lowest BCUT2D eigenvalue weighted by Gasteiger charge is -2.03. The van der Waals surface area contributed by atoms with E-state index in [1.54, 1.807) is 0 Å². The van der Waals surface area contributed by atoms with Crippen molar-refractivity contribution >= 4 is 51.0 Å². The first-order valence-electron chi connectivity index (χ1n) is 3.33. The first-order valence-corrected chi connectivity index (χ1v) is 4.09. The van der Waals surface area contributed by atoms with E-state index in [-0.39, 0.29) is 17.4 Å². The molecular formula is C6H2Cl2N4O. The van der Waals surface area contributed by atoms with Gasteiger partial charge in [-0.3, -0.25) is 4.79 Å². The molecule has 0 N–H and O–H groups in total. The maximum Gasteiger partial charge on any atom is 0.268 e. The van der Waals surface area contributed by atoms with Crippen LogP contribution in [0.15, 0.2) is 20.2 Å². The largest absolute Gasteiger partial charge is 0.274 e. The highest BCUT2D eigenvalue weighted by Gasteiger charge is 2.24. The summed E-state index contributed by atoms with van der Waals surface area (Å²) in [5.74, 6) is 0.353. The summed E-state index contributed by atoms with van der Waals surface area (Å²) in [7, 11) is 0. The van der Waals surface area contributed by atoms with Crippen molar-refractivity contribution in [2.24, 2.45) is 20.2 Å². The van der Waals surface area contributed by atoms with E-state index in [2.05, 4.69) is 20.2 Å². The Labute approximate surface area is 82.9 Å². The average molecular weight is 217 g/mol. The first kappa shape index (κ1) is 8.52. The fraction of sp³-hybridized carbons (Fsp3) is 0.167. The van der Waals surface area contributed by atoms with Gasteiger partial charge in [0.05, 0.1) is 5.71 Å². The van der Waals surface area contributed by atoms with Crippen LogP contribution in [0.1, 0.15) is 6.42 Å². The molecule has 7 heteroatoms. The van der Waals surface area contributed by atoms with Crippen LogP contribution in [0.4, 0.5) is 0 Å². The molecule has 5 nitrogen and oxygen atoms in total. The molecule has 0 amide bonds. The number of amidine groups is 2. The highest BCUT2D eigenvalue weighted by Crippen LogP contribution is 2.12. The molecule has 0 aromatic carbocycles. The maximum absolute atomic E-state index is 10.7. The van der Waals surface area contributed by atoms with Crippen LogP contribution in [0, 0.1) is 0 Å². The lowest BCUT2D eigenvalue weighted by Crippen LogP contribution is -2.21. The number of fused-ring (bicyclic) bond motifs is 1. The Morgan fingerprint density at radius 3 is 2.77 bits per heavy atom. The van der Waals surface area contributed by atoms with Crippen molar-refractivity contribution < 1.29 is 4.79 Å². The van der Waals surface area contributed by atoms with Gasteiger partial charge in [0.1, 0.15) is 5.71 Å². The predicted octanol–water partition coefficient (Wildman–Crippen LogP) is 0.959. The molecule has 0 spiro atoms. The quantitative estimate of drug-likeness (QED) is 0.476. The Morgan fingerprint density at radius 1 is 1.31 bits per heavy atom. The van der Waals surface area contributed by atoms with Gasteiger partial charge in [-0.15, -0.1) is 10.2 Å². The minimum atomic E-state index is -0.631. The van der Waals surface area contributed by atoms with Gasteiger partial charge < -0.3 is 0 Å². The molecule has 13 heavy (non-hydrogen) atoms. The third-order valence-corrected chi connectivity index (χ3v) is 1.90. The summed E-state index contributed by atoms with van der Waals surface area (Å²) >= 11 is 10.7. The summed E-state index contributed by atoms with van der Waals surface area (Å²) in [6.45, 7) is 0. The fourth-order valence-electron chi connectivity index (χ4n) is 0.947. The molecule has 0 saturated carbocycles. The van der Waals surface area contributed by atoms with E-state index < -0.39 is 5.24 Å². The van der Waals surface area contributed by atoms with Gasteiger partial charge >= 0.3 is 0 Å². The van der Waals surface area contributed by atoms with Crippen LogP contribution in [0.5, 0.6) is 0 Å². The lowest BCUT2D eigenvalue weighted by molar-refractivity contribution is -0.106. The predicted molar refractivity (Wildman–Crippen MR) is 51.1 cm³/mol. The van der Waals surface area contributed by atoms with E-state index >= 15 is 0 Å².